The predicted octanol–water partition coefficient (Wildman–Crippen LogP) is 11.4. The van der Waals surface area contributed by atoms with Gasteiger partial charge in [-0.3, -0.25) is 0 Å². The van der Waals surface area contributed by atoms with Crippen molar-refractivity contribution in [1.82, 2.24) is 0 Å². The summed E-state index contributed by atoms with van der Waals surface area (Å²) < 4.78 is 119. The molecule has 0 atom stereocenters. The van der Waals surface area contributed by atoms with Crippen molar-refractivity contribution in [2.45, 2.75) is 38.7 Å². The number of rotatable bonds is 10. The number of unbranched alkanes of at least 4 members (excludes halogenated alkanes) is 2. The third-order valence-corrected chi connectivity index (χ3v) is 7.40. The lowest BCUT2D eigenvalue weighted by atomic mass is 9.96. The van der Waals surface area contributed by atoms with Crippen LogP contribution in [0.1, 0.15) is 37.3 Å². The highest BCUT2D eigenvalue weighted by molar-refractivity contribution is 5.74. The maximum absolute atomic E-state index is 15.2. The highest BCUT2D eigenvalue weighted by Gasteiger charge is 2.35. The summed E-state index contributed by atoms with van der Waals surface area (Å²) in [5.74, 6) is -8.03. The number of alkyl halides is 2. The molecule has 0 saturated carbocycles. The molecule has 0 radical (unpaired) electrons. The summed E-state index contributed by atoms with van der Waals surface area (Å²) in [6.07, 6.45) is -0.240. The van der Waals surface area contributed by atoms with E-state index in [0.717, 1.165) is 49.4 Å². The first-order chi connectivity index (χ1) is 21.5. The molecular formula is C36H26F8O. The second kappa shape index (κ2) is 13.1. The summed E-state index contributed by atoms with van der Waals surface area (Å²) in [5.41, 5.74) is 1.28. The van der Waals surface area contributed by atoms with Gasteiger partial charge in [-0.25, -0.2) is 26.3 Å². The molecule has 0 unspecified atom stereocenters. The summed E-state index contributed by atoms with van der Waals surface area (Å²) >= 11 is 0. The van der Waals surface area contributed by atoms with Gasteiger partial charge < -0.3 is 4.74 Å². The van der Waals surface area contributed by atoms with Gasteiger partial charge in [-0.2, -0.15) is 8.78 Å². The minimum atomic E-state index is -4.05. The standard InChI is InChI=1S/C36H26F8O/c1-2-3-4-5-21-6-13-28(30(37)16-21)23-10-15-29(32(39)18-23)24-9-14-27(31(38)17-24)22-7-11-25(12-8-22)36(43,44)45-26-19-33(40)35(42)34(41)20-26/h6-20H,2-5H2,1H3. The minimum absolute atomic E-state index is 0.0373. The number of benzene rings is 5. The van der Waals surface area contributed by atoms with Gasteiger partial charge in [-0.1, -0.05) is 68.3 Å². The molecule has 1 nitrogen and oxygen atoms in total. The Morgan fingerprint density at radius 2 is 1.02 bits per heavy atom. The van der Waals surface area contributed by atoms with E-state index < -0.39 is 52.3 Å². The lowest BCUT2D eigenvalue weighted by Crippen LogP contribution is -2.22. The maximum Gasteiger partial charge on any atom is 0.426 e. The average molecular weight is 627 g/mol. The first-order valence-corrected chi connectivity index (χ1v) is 14.2. The second-order valence-corrected chi connectivity index (χ2v) is 10.6. The van der Waals surface area contributed by atoms with Crippen LogP contribution in [0.15, 0.2) is 91.0 Å². The van der Waals surface area contributed by atoms with Gasteiger partial charge in [0, 0.05) is 28.8 Å². The molecule has 0 heterocycles. The molecule has 0 spiro atoms. The van der Waals surface area contributed by atoms with E-state index in [0.29, 0.717) is 17.7 Å². The zero-order valence-electron chi connectivity index (χ0n) is 23.9. The van der Waals surface area contributed by atoms with Crippen LogP contribution in [-0.4, -0.2) is 0 Å². The van der Waals surface area contributed by atoms with E-state index in [1.165, 1.54) is 42.5 Å². The van der Waals surface area contributed by atoms with Crippen molar-refractivity contribution in [3.05, 3.63) is 137 Å². The van der Waals surface area contributed by atoms with Crippen LogP contribution in [0.5, 0.6) is 5.75 Å². The van der Waals surface area contributed by atoms with Crippen LogP contribution in [0.4, 0.5) is 35.1 Å². The summed E-state index contributed by atoms with van der Waals surface area (Å²) in [5, 5.41) is 0. The fraction of sp³-hybridized carbons (Fsp3) is 0.167. The van der Waals surface area contributed by atoms with Gasteiger partial charge in [0.25, 0.3) is 0 Å². The Morgan fingerprint density at radius 3 is 1.53 bits per heavy atom. The zero-order valence-corrected chi connectivity index (χ0v) is 23.9. The quantitative estimate of drug-likeness (QED) is 0.0852. The molecule has 5 aromatic carbocycles. The highest BCUT2D eigenvalue weighted by atomic mass is 19.3. The van der Waals surface area contributed by atoms with Crippen molar-refractivity contribution in [2.24, 2.45) is 0 Å². The predicted molar refractivity (Wildman–Crippen MR) is 157 cm³/mol. The minimum Gasteiger partial charge on any atom is -0.429 e. The molecule has 0 aromatic heterocycles. The molecule has 0 amide bonds. The van der Waals surface area contributed by atoms with Gasteiger partial charge in [0.2, 0.25) is 0 Å². The molecule has 0 saturated heterocycles. The van der Waals surface area contributed by atoms with E-state index in [2.05, 4.69) is 11.7 Å². The SMILES string of the molecule is CCCCCc1ccc(-c2ccc(-c3ccc(-c4ccc(C(F)(F)Oc5cc(F)c(F)c(F)c5)cc4)c(F)c3)c(F)c2)c(F)c1. The van der Waals surface area contributed by atoms with Crippen LogP contribution in [0.2, 0.25) is 0 Å². The van der Waals surface area contributed by atoms with E-state index in [-0.39, 0.29) is 27.8 Å². The Kier molecular flexibility index (Phi) is 9.27. The van der Waals surface area contributed by atoms with Crippen molar-refractivity contribution >= 4 is 0 Å². The number of hydrogen-bond acceptors (Lipinski definition) is 1. The van der Waals surface area contributed by atoms with Crippen molar-refractivity contribution in [3.8, 4) is 39.1 Å². The Bertz CT molecular complexity index is 1810. The number of aryl methyl sites for hydroxylation is 1. The van der Waals surface area contributed by atoms with E-state index in [1.54, 1.807) is 12.1 Å². The largest absolute Gasteiger partial charge is 0.429 e. The monoisotopic (exact) mass is 626 g/mol. The maximum atomic E-state index is 15.2. The molecular weight excluding hydrogens is 600 g/mol. The van der Waals surface area contributed by atoms with E-state index in [4.69, 9.17) is 0 Å². The summed E-state index contributed by atoms with van der Waals surface area (Å²) in [7, 11) is 0. The normalized spacial score (nSPS) is 11.6. The van der Waals surface area contributed by atoms with Crippen LogP contribution >= 0.6 is 0 Å². The molecule has 45 heavy (non-hydrogen) atoms. The average Bonchev–Trinajstić information content (AvgIpc) is 3.00. The van der Waals surface area contributed by atoms with Crippen LogP contribution in [0.25, 0.3) is 33.4 Å². The lowest BCUT2D eigenvalue weighted by molar-refractivity contribution is -0.185. The highest BCUT2D eigenvalue weighted by Crippen LogP contribution is 2.36. The van der Waals surface area contributed by atoms with Gasteiger partial charge in [0.1, 0.15) is 23.2 Å². The second-order valence-electron chi connectivity index (χ2n) is 10.6. The fourth-order valence-corrected chi connectivity index (χ4v) is 5.00. The van der Waals surface area contributed by atoms with Crippen molar-refractivity contribution < 1.29 is 39.9 Å². The van der Waals surface area contributed by atoms with Crippen LogP contribution in [-0.2, 0) is 12.5 Å². The number of ether oxygens (including phenoxy) is 1. The third-order valence-electron chi connectivity index (χ3n) is 7.40. The Balaban J connectivity index is 1.33. The van der Waals surface area contributed by atoms with Crippen LogP contribution in [0, 0.1) is 34.9 Å². The van der Waals surface area contributed by atoms with Crippen molar-refractivity contribution in [3.63, 3.8) is 0 Å². The van der Waals surface area contributed by atoms with Crippen molar-refractivity contribution in [1.29, 1.82) is 0 Å². The molecule has 9 heteroatoms. The Morgan fingerprint density at radius 1 is 0.533 bits per heavy atom. The van der Waals surface area contributed by atoms with Gasteiger partial charge in [-0.15, -0.1) is 0 Å². The van der Waals surface area contributed by atoms with E-state index in [1.807, 2.05) is 6.07 Å². The summed E-state index contributed by atoms with van der Waals surface area (Å²) in [4.78, 5) is 0. The summed E-state index contributed by atoms with van der Waals surface area (Å²) in [6.45, 7) is 2.09. The fourth-order valence-electron chi connectivity index (χ4n) is 5.00. The Hall–Kier alpha value is -4.66. The molecule has 0 aliphatic rings. The first kappa shape index (κ1) is 31.8. The molecule has 0 aliphatic carbocycles. The van der Waals surface area contributed by atoms with E-state index in [9.17, 15) is 26.3 Å². The summed E-state index contributed by atoms with van der Waals surface area (Å²) in [6, 6.07) is 17.8. The topological polar surface area (TPSA) is 9.23 Å². The molecule has 0 bridgehead atoms. The van der Waals surface area contributed by atoms with E-state index >= 15 is 8.78 Å². The number of halogens is 8. The van der Waals surface area contributed by atoms with Crippen LogP contribution in [0.3, 0.4) is 0 Å². The van der Waals surface area contributed by atoms with Gasteiger partial charge in [-0.05, 0) is 65.4 Å². The molecule has 5 rings (SSSR count). The van der Waals surface area contributed by atoms with Gasteiger partial charge >= 0.3 is 6.11 Å². The first-order valence-electron chi connectivity index (χ1n) is 14.2. The number of hydrogen-bond donors (Lipinski definition) is 0. The molecule has 232 valence electrons. The zero-order chi connectivity index (χ0) is 32.3. The van der Waals surface area contributed by atoms with Crippen molar-refractivity contribution in [2.75, 3.05) is 0 Å². The Labute approximate surface area is 254 Å². The van der Waals surface area contributed by atoms with Gasteiger partial charge in [0.15, 0.2) is 17.5 Å². The lowest BCUT2D eigenvalue weighted by Gasteiger charge is -2.19. The smallest absolute Gasteiger partial charge is 0.426 e. The molecule has 5 aromatic rings. The molecule has 0 N–H and O–H groups in total. The van der Waals surface area contributed by atoms with Gasteiger partial charge in [0.05, 0.1) is 5.56 Å². The van der Waals surface area contributed by atoms with Crippen LogP contribution < -0.4 is 4.74 Å². The molecule has 0 fully saturated rings. The molecule has 0 aliphatic heterocycles. The third kappa shape index (κ3) is 7.03.